The van der Waals surface area contributed by atoms with E-state index in [4.69, 9.17) is 4.42 Å². The lowest BCUT2D eigenvalue weighted by Gasteiger charge is -2.34. The molecule has 0 aliphatic carbocycles. The predicted octanol–water partition coefficient (Wildman–Crippen LogP) is 1.76. The summed E-state index contributed by atoms with van der Waals surface area (Å²) in [5, 5.41) is 8.20. The molecule has 5 rings (SSSR count). The molecule has 0 unspecified atom stereocenters. The van der Waals surface area contributed by atoms with E-state index in [1.54, 1.807) is 12.4 Å². The SMILES string of the molecule is CCc1nnc(CN2C[C@H]3CC[C@@H]2CN(C(=O)c2cccnc2)C3)o1. The lowest BCUT2D eigenvalue weighted by atomic mass is 9.95. The third-order valence-electron chi connectivity index (χ3n) is 5.17. The molecule has 2 aromatic rings. The quantitative estimate of drug-likeness (QED) is 0.843. The second-order valence-electron chi connectivity index (χ2n) is 6.92. The van der Waals surface area contributed by atoms with E-state index in [9.17, 15) is 4.79 Å². The van der Waals surface area contributed by atoms with Crippen LogP contribution in [-0.2, 0) is 13.0 Å². The highest BCUT2D eigenvalue weighted by molar-refractivity contribution is 5.93. The van der Waals surface area contributed by atoms with Crippen LogP contribution >= 0.6 is 0 Å². The van der Waals surface area contributed by atoms with E-state index < -0.39 is 0 Å². The minimum Gasteiger partial charge on any atom is -0.424 e. The van der Waals surface area contributed by atoms with E-state index in [1.165, 1.54) is 6.42 Å². The average molecular weight is 341 g/mol. The van der Waals surface area contributed by atoms with Gasteiger partial charge in [0.2, 0.25) is 11.8 Å². The fourth-order valence-electron chi connectivity index (χ4n) is 3.88. The van der Waals surface area contributed by atoms with E-state index in [2.05, 4.69) is 20.1 Å². The lowest BCUT2D eigenvalue weighted by molar-refractivity contribution is 0.0732. The molecule has 3 aliphatic rings. The number of amides is 1. The van der Waals surface area contributed by atoms with Crippen molar-refractivity contribution in [1.29, 1.82) is 0 Å². The second-order valence-corrected chi connectivity index (χ2v) is 6.92. The fraction of sp³-hybridized carbons (Fsp3) is 0.556. The third-order valence-corrected chi connectivity index (χ3v) is 5.17. The normalized spacial score (nSPS) is 23.6. The molecule has 3 aliphatic heterocycles. The summed E-state index contributed by atoms with van der Waals surface area (Å²) >= 11 is 0. The molecule has 2 aromatic heterocycles. The number of aryl methyl sites for hydroxylation is 1. The van der Waals surface area contributed by atoms with Gasteiger partial charge in [-0.1, -0.05) is 6.92 Å². The van der Waals surface area contributed by atoms with Crippen molar-refractivity contribution >= 4 is 5.91 Å². The Bertz CT molecular complexity index is 732. The minimum absolute atomic E-state index is 0.0814. The van der Waals surface area contributed by atoms with Gasteiger partial charge in [0, 0.05) is 44.5 Å². The molecule has 0 N–H and O–H groups in total. The fourth-order valence-corrected chi connectivity index (χ4v) is 3.88. The molecule has 5 heterocycles. The van der Waals surface area contributed by atoms with Gasteiger partial charge < -0.3 is 9.32 Å². The molecule has 3 fully saturated rings. The van der Waals surface area contributed by atoms with Crippen LogP contribution in [0.1, 0.15) is 41.9 Å². The van der Waals surface area contributed by atoms with Crippen LogP contribution in [-0.4, -0.2) is 56.6 Å². The summed E-state index contributed by atoms with van der Waals surface area (Å²) in [4.78, 5) is 21.3. The van der Waals surface area contributed by atoms with Gasteiger partial charge in [0.05, 0.1) is 12.1 Å². The van der Waals surface area contributed by atoms with Crippen molar-refractivity contribution in [3.63, 3.8) is 0 Å². The van der Waals surface area contributed by atoms with Crippen LogP contribution in [0.3, 0.4) is 0 Å². The number of pyridine rings is 1. The summed E-state index contributed by atoms with van der Waals surface area (Å²) in [5.74, 6) is 1.93. The van der Waals surface area contributed by atoms with Gasteiger partial charge >= 0.3 is 0 Å². The van der Waals surface area contributed by atoms with E-state index in [0.717, 1.165) is 32.5 Å². The van der Waals surface area contributed by atoms with E-state index >= 15 is 0 Å². The Kier molecular flexibility index (Phi) is 4.48. The Labute approximate surface area is 147 Å². The molecule has 1 amide bonds. The van der Waals surface area contributed by atoms with Crippen molar-refractivity contribution in [3.05, 3.63) is 41.9 Å². The molecule has 0 saturated carbocycles. The van der Waals surface area contributed by atoms with Gasteiger partial charge in [-0.25, -0.2) is 0 Å². The monoisotopic (exact) mass is 341 g/mol. The third kappa shape index (κ3) is 3.42. The minimum atomic E-state index is 0.0814. The summed E-state index contributed by atoms with van der Waals surface area (Å²) in [6, 6.07) is 3.99. The highest BCUT2D eigenvalue weighted by Crippen LogP contribution is 2.29. The van der Waals surface area contributed by atoms with E-state index in [1.807, 2.05) is 24.0 Å². The Morgan fingerprint density at radius 2 is 2.12 bits per heavy atom. The predicted molar refractivity (Wildman–Crippen MR) is 90.7 cm³/mol. The number of hydrogen-bond acceptors (Lipinski definition) is 6. The summed E-state index contributed by atoms with van der Waals surface area (Å²) in [6.07, 6.45) is 6.38. The van der Waals surface area contributed by atoms with Crippen molar-refractivity contribution in [2.45, 2.75) is 38.8 Å². The number of fused-ring (bicyclic) bond motifs is 4. The molecular weight excluding hydrogens is 318 g/mol. The summed E-state index contributed by atoms with van der Waals surface area (Å²) in [7, 11) is 0. The van der Waals surface area contributed by atoms with Crippen LogP contribution < -0.4 is 0 Å². The van der Waals surface area contributed by atoms with Gasteiger partial charge in [-0.3, -0.25) is 14.7 Å². The van der Waals surface area contributed by atoms with Gasteiger partial charge in [0.25, 0.3) is 5.91 Å². The first-order valence-corrected chi connectivity index (χ1v) is 8.97. The topological polar surface area (TPSA) is 75.4 Å². The standard InChI is InChI=1S/C18H23N5O2/c1-2-16-20-21-17(25-16)12-22-9-13-5-6-15(22)11-23(10-13)18(24)14-4-3-7-19-8-14/h3-4,7-8,13,15H,2,5-6,9-12H2,1H3/t13-,15-/m1/s1. The summed E-state index contributed by atoms with van der Waals surface area (Å²) in [5.41, 5.74) is 0.667. The van der Waals surface area contributed by atoms with Crippen molar-refractivity contribution < 1.29 is 9.21 Å². The first kappa shape index (κ1) is 16.2. The van der Waals surface area contributed by atoms with Crippen LogP contribution in [0.15, 0.2) is 28.9 Å². The Morgan fingerprint density at radius 1 is 1.24 bits per heavy atom. The molecular formula is C18H23N5O2. The lowest BCUT2D eigenvalue weighted by Crippen LogP contribution is -2.44. The molecule has 3 saturated heterocycles. The molecule has 2 atom stereocenters. The Morgan fingerprint density at radius 3 is 2.88 bits per heavy atom. The van der Waals surface area contributed by atoms with Crippen molar-refractivity contribution in [3.8, 4) is 0 Å². The number of rotatable bonds is 4. The molecule has 7 nitrogen and oxygen atoms in total. The van der Waals surface area contributed by atoms with Crippen molar-refractivity contribution in [1.82, 2.24) is 25.0 Å². The number of carbonyl (C=O) groups is 1. The maximum absolute atomic E-state index is 12.8. The van der Waals surface area contributed by atoms with Gasteiger partial charge in [0.1, 0.15) is 0 Å². The molecule has 25 heavy (non-hydrogen) atoms. The zero-order valence-corrected chi connectivity index (χ0v) is 14.5. The highest BCUT2D eigenvalue weighted by atomic mass is 16.4. The zero-order valence-electron chi connectivity index (χ0n) is 14.5. The Hall–Kier alpha value is -2.28. The zero-order chi connectivity index (χ0) is 17.2. The second kappa shape index (κ2) is 6.92. The van der Waals surface area contributed by atoms with Crippen LogP contribution in [0.4, 0.5) is 0 Å². The number of aromatic nitrogens is 3. The van der Waals surface area contributed by atoms with Gasteiger partial charge in [0.15, 0.2) is 0 Å². The van der Waals surface area contributed by atoms with Crippen LogP contribution in [0.5, 0.6) is 0 Å². The number of piperidine rings is 1. The molecule has 132 valence electrons. The van der Waals surface area contributed by atoms with Crippen LogP contribution in [0.2, 0.25) is 0 Å². The Balaban J connectivity index is 1.47. The first-order chi connectivity index (χ1) is 12.2. The molecule has 7 heteroatoms. The van der Waals surface area contributed by atoms with Crippen LogP contribution in [0, 0.1) is 5.92 Å². The smallest absolute Gasteiger partial charge is 0.255 e. The number of hydrogen-bond donors (Lipinski definition) is 0. The van der Waals surface area contributed by atoms with Crippen LogP contribution in [0.25, 0.3) is 0 Å². The molecule has 0 spiro atoms. The molecule has 0 radical (unpaired) electrons. The van der Waals surface area contributed by atoms with Gasteiger partial charge in [-0.05, 0) is 30.9 Å². The number of nitrogens with zero attached hydrogens (tertiary/aromatic N) is 5. The summed E-state index contributed by atoms with van der Waals surface area (Å²) in [6.45, 7) is 5.21. The van der Waals surface area contributed by atoms with Gasteiger partial charge in [-0.2, -0.15) is 0 Å². The maximum Gasteiger partial charge on any atom is 0.255 e. The van der Waals surface area contributed by atoms with E-state index in [0.29, 0.717) is 35.8 Å². The maximum atomic E-state index is 12.8. The molecule has 0 aromatic carbocycles. The van der Waals surface area contributed by atoms with Gasteiger partial charge in [-0.15, -0.1) is 10.2 Å². The largest absolute Gasteiger partial charge is 0.424 e. The average Bonchev–Trinajstić information content (AvgIpc) is 2.91. The highest BCUT2D eigenvalue weighted by Gasteiger charge is 2.37. The van der Waals surface area contributed by atoms with E-state index in [-0.39, 0.29) is 5.91 Å². The van der Waals surface area contributed by atoms with Crippen molar-refractivity contribution in [2.75, 3.05) is 19.6 Å². The van der Waals surface area contributed by atoms with Crippen molar-refractivity contribution in [2.24, 2.45) is 5.92 Å². The number of carbonyl (C=O) groups excluding carboxylic acids is 1. The molecule has 2 bridgehead atoms. The summed E-state index contributed by atoms with van der Waals surface area (Å²) < 4.78 is 5.67. The first-order valence-electron chi connectivity index (χ1n) is 8.97.